The van der Waals surface area contributed by atoms with Crippen molar-refractivity contribution in [3.8, 4) is 0 Å². The summed E-state index contributed by atoms with van der Waals surface area (Å²) in [4.78, 5) is 16.1. The molecule has 6 nitrogen and oxygen atoms in total. The normalized spacial score (nSPS) is 14.6. The van der Waals surface area contributed by atoms with E-state index in [1.807, 2.05) is 17.1 Å². The van der Waals surface area contributed by atoms with Gasteiger partial charge in [0.15, 0.2) is 0 Å². The Morgan fingerprint density at radius 3 is 2.18 bits per heavy atom. The van der Waals surface area contributed by atoms with Gasteiger partial charge in [0.25, 0.3) is 5.91 Å². The third-order valence-corrected chi connectivity index (χ3v) is 5.26. The predicted molar refractivity (Wildman–Crippen MR) is 122 cm³/mol. The fraction of sp³-hybridized carbons (Fsp3) is 0.600. The standard InChI is InChI=1S/C20H35N3O3S2/c1-15(2)9-7-10-16(3)11-8-12-17(4)13-27-14-19(22-18(5)21)20(24)23-28(6,25)26/h9,11,13,19H,7-8,10,12,14H2,1-6H3,(H2,21,22)(H,23,24). The van der Waals surface area contributed by atoms with Crippen LogP contribution in [0.1, 0.15) is 60.3 Å². The van der Waals surface area contributed by atoms with E-state index >= 15 is 0 Å². The summed E-state index contributed by atoms with van der Waals surface area (Å²) in [6.07, 6.45) is 9.53. The molecule has 8 heteroatoms. The number of rotatable bonds is 12. The molecular formula is C20H35N3O3S2. The molecule has 0 aromatic carbocycles. The number of sulfonamides is 1. The van der Waals surface area contributed by atoms with Crippen molar-refractivity contribution in [1.29, 1.82) is 0 Å². The van der Waals surface area contributed by atoms with Gasteiger partial charge in [0.05, 0.1) is 12.1 Å². The maximum atomic E-state index is 12.0. The first-order valence-corrected chi connectivity index (χ1v) is 12.2. The SMILES string of the molecule is CC(C)=CCCC(C)=CCCC(C)=CSCC(N=C(C)N)C(=O)NS(C)(=O)=O. The smallest absolute Gasteiger partial charge is 0.259 e. The summed E-state index contributed by atoms with van der Waals surface area (Å²) >= 11 is 1.43. The van der Waals surface area contributed by atoms with Gasteiger partial charge in [-0.3, -0.25) is 14.5 Å². The Bertz CT molecular complexity index is 728. The van der Waals surface area contributed by atoms with Crippen LogP contribution in [0.4, 0.5) is 0 Å². The van der Waals surface area contributed by atoms with Crippen LogP contribution in [-0.4, -0.2) is 38.2 Å². The van der Waals surface area contributed by atoms with E-state index in [0.717, 1.165) is 31.9 Å². The van der Waals surface area contributed by atoms with E-state index in [2.05, 4.69) is 37.9 Å². The Morgan fingerprint density at radius 2 is 1.64 bits per heavy atom. The first-order valence-electron chi connectivity index (χ1n) is 9.28. The number of carbonyl (C=O) groups excluding carboxylic acids is 1. The molecule has 0 heterocycles. The van der Waals surface area contributed by atoms with E-state index in [1.54, 1.807) is 6.92 Å². The Hall–Kier alpha value is -1.54. The number of aliphatic imine (C=N–C) groups is 1. The van der Waals surface area contributed by atoms with E-state index in [0.29, 0.717) is 5.75 Å². The van der Waals surface area contributed by atoms with E-state index in [1.165, 1.54) is 28.5 Å². The monoisotopic (exact) mass is 429 g/mol. The maximum Gasteiger partial charge on any atom is 0.259 e. The Morgan fingerprint density at radius 1 is 1.07 bits per heavy atom. The van der Waals surface area contributed by atoms with Gasteiger partial charge < -0.3 is 5.73 Å². The molecule has 1 amide bonds. The number of hydrogen-bond donors (Lipinski definition) is 2. The molecule has 0 bridgehead atoms. The highest BCUT2D eigenvalue weighted by Gasteiger charge is 2.20. The second-order valence-electron chi connectivity index (χ2n) is 7.23. The minimum absolute atomic E-state index is 0.240. The zero-order chi connectivity index (χ0) is 21.7. The number of amidine groups is 1. The van der Waals surface area contributed by atoms with Crippen LogP contribution in [0.3, 0.4) is 0 Å². The van der Waals surface area contributed by atoms with Crippen molar-refractivity contribution in [2.24, 2.45) is 10.7 Å². The summed E-state index contributed by atoms with van der Waals surface area (Å²) in [5.74, 6) is -0.102. The predicted octanol–water partition coefficient (Wildman–Crippen LogP) is 3.92. The molecule has 0 aliphatic carbocycles. The topological polar surface area (TPSA) is 102 Å². The fourth-order valence-electron chi connectivity index (χ4n) is 2.25. The third kappa shape index (κ3) is 15.5. The molecule has 0 fully saturated rings. The minimum Gasteiger partial charge on any atom is -0.388 e. The minimum atomic E-state index is -3.62. The number of allylic oxidation sites excluding steroid dienone is 5. The fourth-order valence-corrected chi connectivity index (χ4v) is 3.65. The molecule has 0 radical (unpaired) electrons. The molecule has 0 aliphatic heterocycles. The lowest BCUT2D eigenvalue weighted by molar-refractivity contribution is -0.120. The van der Waals surface area contributed by atoms with Crippen LogP contribution in [-0.2, 0) is 14.8 Å². The van der Waals surface area contributed by atoms with Crippen LogP contribution in [0.25, 0.3) is 0 Å². The number of thioether (sulfide) groups is 1. The van der Waals surface area contributed by atoms with Crippen molar-refractivity contribution in [2.75, 3.05) is 12.0 Å². The first kappa shape index (κ1) is 26.5. The zero-order valence-electron chi connectivity index (χ0n) is 17.9. The van der Waals surface area contributed by atoms with Gasteiger partial charge in [-0.2, -0.15) is 0 Å². The van der Waals surface area contributed by atoms with Crippen molar-refractivity contribution in [1.82, 2.24) is 4.72 Å². The maximum absolute atomic E-state index is 12.0. The Balaban J connectivity index is 4.56. The molecule has 160 valence electrons. The van der Waals surface area contributed by atoms with Crippen LogP contribution in [0.5, 0.6) is 0 Å². The van der Waals surface area contributed by atoms with Crippen LogP contribution in [0, 0.1) is 0 Å². The number of amides is 1. The number of nitrogens with two attached hydrogens (primary N) is 1. The Labute approximate surface area is 174 Å². The largest absolute Gasteiger partial charge is 0.388 e. The van der Waals surface area contributed by atoms with Crippen molar-refractivity contribution in [3.05, 3.63) is 34.3 Å². The van der Waals surface area contributed by atoms with Gasteiger partial charge in [-0.15, -0.1) is 11.8 Å². The van der Waals surface area contributed by atoms with E-state index in [-0.39, 0.29) is 5.84 Å². The summed E-state index contributed by atoms with van der Waals surface area (Å²) in [7, 11) is -3.62. The number of carbonyl (C=O) groups is 1. The highest BCUT2D eigenvalue weighted by molar-refractivity contribution is 8.02. The zero-order valence-corrected chi connectivity index (χ0v) is 19.5. The number of nitrogens with one attached hydrogen (secondary N) is 1. The molecular weight excluding hydrogens is 394 g/mol. The summed E-state index contributed by atoms with van der Waals surface area (Å²) in [6.45, 7) is 9.99. The van der Waals surface area contributed by atoms with Crippen LogP contribution < -0.4 is 10.5 Å². The molecule has 1 atom stereocenters. The second kappa shape index (κ2) is 13.6. The van der Waals surface area contributed by atoms with E-state index in [9.17, 15) is 13.2 Å². The molecule has 0 spiro atoms. The second-order valence-corrected chi connectivity index (χ2v) is 9.88. The highest BCUT2D eigenvalue weighted by atomic mass is 32.2. The highest BCUT2D eigenvalue weighted by Crippen LogP contribution is 2.16. The molecule has 0 aliphatic rings. The molecule has 0 saturated carbocycles. The van der Waals surface area contributed by atoms with Crippen LogP contribution in [0.15, 0.2) is 39.3 Å². The van der Waals surface area contributed by atoms with Gasteiger partial charge in [0, 0.05) is 5.75 Å². The molecule has 28 heavy (non-hydrogen) atoms. The number of hydrogen-bond acceptors (Lipinski definition) is 5. The average Bonchev–Trinajstić information content (AvgIpc) is 2.51. The Kier molecular flexibility index (Phi) is 12.9. The average molecular weight is 430 g/mol. The van der Waals surface area contributed by atoms with Gasteiger partial charge in [0.1, 0.15) is 6.04 Å². The van der Waals surface area contributed by atoms with Crippen molar-refractivity contribution < 1.29 is 13.2 Å². The lowest BCUT2D eigenvalue weighted by atomic mass is 10.1. The first-order chi connectivity index (χ1) is 12.9. The van der Waals surface area contributed by atoms with Crippen molar-refractivity contribution in [2.45, 2.75) is 66.3 Å². The van der Waals surface area contributed by atoms with Gasteiger partial charge in [0.2, 0.25) is 10.0 Å². The van der Waals surface area contributed by atoms with Crippen LogP contribution in [0.2, 0.25) is 0 Å². The summed E-state index contributed by atoms with van der Waals surface area (Å²) < 4.78 is 24.5. The van der Waals surface area contributed by atoms with Crippen molar-refractivity contribution in [3.63, 3.8) is 0 Å². The summed E-state index contributed by atoms with van der Waals surface area (Å²) in [5.41, 5.74) is 9.50. The summed E-state index contributed by atoms with van der Waals surface area (Å²) in [5, 5.41) is 1.99. The van der Waals surface area contributed by atoms with Gasteiger partial charge in [-0.1, -0.05) is 28.9 Å². The quantitative estimate of drug-likeness (QED) is 0.278. The molecule has 0 aromatic rings. The molecule has 1 unspecified atom stereocenters. The van der Waals surface area contributed by atoms with Crippen LogP contribution >= 0.6 is 11.8 Å². The number of nitrogens with zero attached hydrogens (tertiary/aromatic N) is 1. The van der Waals surface area contributed by atoms with Gasteiger partial charge in [-0.05, 0) is 65.7 Å². The van der Waals surface area contributed by atoms with E-state index < -0.39 is 22.0 Å². The lowest BCUT2D eigenvalue weighted by Crippen LogP contribution is -2.39. The third-order valence-electron chi connectivity index (χ3n) is 3.61. The molecule has 0 rings (SSSR count). The molecule has 3 N–H and O–H groups in total. The van der Waals surface area contributed by atoms with Gasteiger partial charge >= 0.3 is 0 Å². The van der Waals surface area contributed by atoms with Gasteiger partial charge in [-0.25, -0.2) is 8.42 Å². The lowest BCUT2D eigenvalue weighted by Gasteiger charge is -2.11. The van der Waals surface area contributed by atoms with E-state index in [4.69, 9.17) is 5.73 Å². The molecule has 0 aromatic heterocycles. The summed E-state index contributed by atoms with van der Waals surface area (Å²) in [6, 6.07) is -0.842. The van der Waals surface area contributed by atoms with Crippen molar-refractivity contribution >= 4 is 33.5 Å². The molecule has 0 saturated heterocycles.